The van der Waals surface area contributed by atoms with Crippen LogP contribution < -0.4 is 0 Å². The number of hydrogen-bond donors (Lipinski definition) is 2. The summed E-state index contributed by atoms with van der Waals surface area (Å²) in [4.78, 5) is 31.1. The van der Waals surface area contributed by atoms with Gasteiger partial charge >= 0.3 is 12.1 Å². The van der Waals surface area contributed by atoms with Crippen LogP contribution in [0.2, 0.25) is 5.02 Å². The molecule has 1 fully saturated rings. The van der Waals surface area contributed by atoms with Crippen LogP contribution >= 0.6 is 23.4 Å². The molecular weight excluding hydrogens is 541 g/mol. The van der Waals surface area contributed by atoms with Crippen LogP contribution in [0.25, 0.3) is 16.5 Å². The number of amides is 1. The number of piperidine rings is 1. The minimum absolute atomic E-state index is 0.0197. The van der Waals surface area contributed by atoms with E-state index >= 15 is 0 Å². The third kappa shape index (κ3) is 5.04. The highest BCUT2D eigenvalue weighted by atomic mass is 35.5. The molecule has 1 amide bonds. The number of nitrogens with zero attached hydrogens (tertiary/aromatic N) is 3. The van der Waals surface area contributed by atoms with Crippen LogP contribution in [0.4, 0.5) is 13.2 Å². The number of alkyl halides is 3. The molecule has 198 valence electrons. The predicted octanol–water partition coefficient (Wildman–Crippen LogP) is 6.01. The number of amidine groups is 1. The number of aromatic amines is 1. The first-order valence-electron chi connectivity index (χ1n) is 11.8. The molecular formula is C26H22ClF3N4O3S. The highest BCUT2D eigenvalue weighted by molar-refractivity contribution is 8.18. The Kier molecular flexibility index (Phi) is 6.77. The number of likely N-dealkylation sites (tertiary alicyclic amines) is 1. The van der Waals surface area contributed by atoms with Gasteiger partial charge in [0.15, 0.2) is 5.17 Å². The molecule has 2 aliphatic rings. The first kappa shape index (κ1) is 26.3. The number of carbonyl (C=O) groups is 2. The summed E-state index contributed by atoms with van der Waals surface area (Å²) in [5.41, 5.74) is -0.00976. The first-order chi connectivity index (χ1) is 17.9. The maximum atomic E-state index is 13.9. The smallest absolute Gasteiger partial charge is 0.416 e. The van der Waals surface area contributed by atoms with E-state index in [0.29, 0.717) is 42.2 Å². The number of rotatable bonds is 4. The molecule has 2 N–H and O–H groups in total. The van der Waals surface area contributed by atoms with E-state index in [0.717, 1.165) is 28.7 Å². The van der Waals surface area contributed by atoms with Crippen molar-refractivity contribution in [3.63, 3.8) is 0 Å². The quantitative estimate of drug-likeness (QED) is 0.378. The normalized spacial score (nSPS) is 19.1. The molecule has 3 aromatic rings. The van der Waals surface area contributed by atoms with Gasteiger partial charge in [0.05, 0.1) is 27.6 Å². The zero-order chi connectivity index (χ0) is 27.2. The number of hydrogen-bond acceptors (Lipinski definition) is 5. The van der Waals surface area contributed by atoms with Crippen LogP contribution in [0, 0.1) is 5.41 Å². The summed E-state index contributed by atoms with van der Waals surface area (Å²) < 4.78 is 41.7. The Hall–Kier alpha value is -3.31. The van der Waals surface area contributed by atoms with Crippen molar-refractivity contribution in [1.29, 1.82) is 0 Å². The van der Waals surface area contributed by atoms with Crippen LogP contribution in [0.5, 0.6) is 0 Å². The number of H-pyrrole nitrogens is 1. The zero-order valence-electron chi connectivity index (χ0n) is 20.1. The van der Waals surface area contributed by atoms with E-state index in [-0.39, 0.29) is 21.9 Å². The third-order valence-corrected chi connectivity index (χ3v) is 8.44. The van der Waals surface area contributed by atoms with Crippen LogP contribution in [-0.4, -0.2) is 50.3 Å². The monoisotopic (exact) mass is 562 g/mol. The number of aliphatic imine (C=N–C) groups is 1. The largest absolute Gasteiger partial charge is 0.481 e. The molecule has 2 aliphatic heterocycles. The Labute approximate surface area is 224 Å². The summed E-state index contributed by atoms with van der Waals surface area (Å²) in [7, 11) is 0. The lowest BCUT2D eigenvalue weighted by molar-refractivity contribution is -0.150. The number of allylic oxidation sites excluding steroid dienone is 1. The predicted molar refractivity (Wildman–Crippen MR) is 140 cm³/mol. The number of carbonyl (C=O) groups excluding carboxylic acids is 1. The second-order valence-corrected chi connectivity index (χ2v) is 11.0. The van der Waals surface area contributed by atoms with E-state index in [1.165, 1.54) is 12.1 Å². The minimum Gasteiger partial charge on any atom is -0.481 e. The summed E-state index contributed by atoms with van der Waals surface area (Å²) >= 11 is 6.99. The number of carboxylic acids is 1. The van der Waals surface area contributed by atoms with Crippen LogP contribution in [-0.2, 0) is 22.2 Å². The molecule has 38 heavy (non-hydrogen) atoms. The van der Waals surface area contributed by atoms with E-state index in [1.54, 1.807) is 31.3 Å². The fourth-order valence-electron chi connectivity index (χ4n) is 4.63. The number of halogens is 4. The van der Waals surface area contributed by atoms with Gasteiger partial charge in [-0.1, -0.05) is 23.7 Å². The second kappa shape index (κ2) is 9.77. The van der Waals surface area contributed by atoms with Crippen molar-refractivity contribution in [2.45, 2.75) is 32.4 Å². The van der Waals surface area contributed by atoms with E-state index in [1.807, 2.05) is 4.90 Å². The molecule has 7 nitrogen and oxygen atoms in total. The second-order valence-electron chi connectivity index (χ2n) is 9.61. The van der Waals surface area contributed by atoms with Crippen molar-refractivity contribution in [1.82, 2.24) is 15.1 Å². The third-order valence-electron chi connectivity index (χ3n) is 7.05. The number of nitrogens with one attached hydrogen (secondary N) is 1. The number of aliphatic carboxylic acids is 1. The molecule has 1 saturated heterocycles. The van der Waals surface area contributed by atoms with Crippen molar-refractivity contribution in [2.24, 2.45) is 10.4 Å². The molecule has 0 radical (unpaired) electrons. The van der Waals surface area contributed by atoms with Gasteiger partial charge in [0, 0.05) is 23.5 Å². The molecule has 0 atom stereocenters. The van der Waals surface area contributed by atoms with Crippen molar-refractivity contribution in [2.75, 3.05) is 13.1 Å². The van der Waals surface area contributed by atoms with Gasteiger partial charge in [-0.05, 0) is 78.9 Å². The molecule has 0 spiro atoms. The average Bonchev–Trinajstić information content (AvgIpc) is 3.49. The number of fused-ring (bicyclic) bond motifs is 1. The lowest BCUT2D eigenvalue weighted by Gasteiger charge is -2.36. The molecule has 0 saturated carbocycles. The molecule has 0 aliphatic carbocycles. The topological polar surface area (TPSA) is 98.6 Å². The van der Waals surface area contributed by atoms with Gasteiger partial charge in [-0.3, -0.25) is 14.7 Å². The van der Waals surface area contributed by atoms with Crippen LogP contribution in [0.3, 0.4) is 0 Å². The lowest BCUT2D eigenvalue weighted by atomic mass is 9.81. The Morgan fingerprint density at radius 3 is 2.63 bits per heavy atom. The van der Waals surface area contributed by atoms with Crippen molar-refractivity contribution >= 4 is 56.9 Å². The summed E-state index contributed by atoms with van der Waals surface area (Å²) in [5.74, 6) is -1.41. The standard InChI is InChI=1S/C26H22ClF3N4O3S/c1-25(23(36)37)6-8-34(9-7-25)24-32-22(35)21(38-24)18(14-3-5-20-16(10-14)13-31-33-20)11-15-2-4-17(27)12-19(15)26(28,29)30/h2-5,10,12-13H,6-9,11H2,1H3,(H,31,33)(H,36,37). The Morgan fingerprint density at radius 1 is 1.21 bits per heavy atom. The maximum Gasteiger partial charge on any atom is 0.416 e. The van der Waals surface area contributed by atoms with Gasteiger partial charge in [0.1, 0.15) is 0 Å². The van der Waals surface area contributed by atoms with Gasteiger partial charge in [-0.2, -0.15) is 23.3 Å². The fraction of sp³-hybridized carbons (Fsp3) is 0.308. The van der Waals surface area contributed by atoms with E-state index in [2.05, 4.69) is 15.2 Å². The first-order valence-corrected chi connectivity index (χ1v) is 13.0. The molecule has 5 rings (SSSR count). The van der Waals surface area contributed by atoms with Gasteiger partial charge < -0.3 is 10.0 Å². The average molecular weight is 563 g/mol. The van der Waals surface area contributed by atoms with Gasteiger partial charge in [-0.25, -0.2) is 0 Å². The number of thioether (sulfide) groups is 1. The van der Waals surface area contributed by atoms with Gasteiger partial charge in [0.2, 0.25) is 0 Å². The summed E-state index contributed by atoms with van der Waals surface area (Å²) in [6.45, 7) is 2.50. The number of benzene rings is 2. The Balaban J connectivity index is 1.53. The SMILES string of the molecule is CC1(C(=O)O)CCN(C2=NC(=O)C(=C(Cc3ccc(Cl)cc3C(F)(F)F)c3ccc4[nH]ncc4c3)S2)CC1. The van der Waals surface area contributed by atoms with Crippen molar-refractivity contribution in [3.05, 3.63) is 69.2 Å². The zero-order valence-corrected chi connectivity index (χ0v) is 21.7. The molecule has 0 unspecified atom stereocenters. The lowest BCUT2D eigenvalue weighted by Crippen LogP contribution is -2.44. The Morgan fingerprint density at radius 2 is 1.95 bits per heavy atom. The van der Waals surface area contributed by atoms with Crippen LogP contribution in [0.1, 0.15) is 36.5 Å². The summed E-state index contributed by atoms with van der Waals surface area (Å²) in [5, 5.41) is 17.5. The van der Waals surface area contributed by atoms with Gasteiger partial charge in [0.25, 0.3) is 5.91 Å². The van der Waals surface area contributed by atoms with Crippen molar-refractivity contribution in [3.8, 4) is 0 Å². The van der Waals surface area contributed by atoms with E-state index < -0.39 is 29.0 Å². The molecule has 1 aromatic heterocycles. The fourth-order valence-corrected chi connectivity index (χ4v) is 5.87. The number of aromatic nitrogens is 2. The molecule has 3 heterocycles. The van der Waals surface area contributed by atoms with Crippen LogP contribution in [0.15, 0.2) is 52.5 Å². The van der Waals surface area contributed by atoms with E-state index in [9.17, 15) is 27.9 Å². The minimum atomic E-state index is -4.64. The van der Waals surface area contributed by atoms with E-state index in [4.69, 9.17) is 11.6 Å². The number of carboxylic acid groups (broad SMARTS) is 1. The molecule has 2 aromatic carbocycles. The molecule has 12 heteroatoms. The highest BCUT2D eigenvalue weighted by Crippen LogP contribution is 2.42. The maximum absolute atomic E-state index is 13.9. The molecule has 0 bridgehead atoms. The summed E-state index contributed by atoms with van der Waals surface area (Å²) in [6, 6.07) is 8.87. The van der Waals surface area contributed by atoms with Gasteiger partial charge in [-0.15, -0.1) is 0 Å². The highest BCUT2D eigenvalue weighted by Gasteiger charge is 2.40. The van der Waals surface area contributed by atoms with Crippen molar-refractivity contribution < 1.29 is 27.9 Å². The Bertz CT molecular complexity index is 1510. The summed E-state index contributed by atoms with van der Waals surface area (Å²) in [6.07, 6.45) is -2.44.